The van der Waals surface area contributed by atoms with E-state index in [1.807, 2.05) is 13.8 Å². The minimum absolute atomic E-state index is 0.0863. The van der Waals surface area contributed by atoms with E-state index in [1.165, 1.54) is 0 Å². The van der Waals surface area contributed by atoms with Gasteiger partial charge in [-0.2, -0.15) is 0 Å². The number of nitrogens with two attached hydrogens (primary N) is 1. The predicted octanol–water partition coefficient (Wildman–Crippen LogP) is 2.69. The summed E-state index contributed by atoms with van der Waals surface area (Å²) in [5.41, 5.74) is 5.56. The van der Waals surface area contributed by atoms with Crippen molar-refractivity contribution in [3.63, 3.8) is 0 Å². The molecule has 20 heavy (non-hydrogen) atoms. The van der Waals surface area contributed by atoms with E-state index in [1.54, 1.807) is 36.2 Å². The Kier molecular flexibility index (Phi) is 6.30. The van der Waals surface area contributed by atoms with Gasteiger partial charge in [-0.05, 0) is 44.5 Å². The van der Waals surface area contributed by atoms with Crippen LogP contribution in [0.25, 0.3) is 0 Å². The van der Waals surface area contributed by atoms with E-state index in [0.717, 1.165) is 5.75 Å². The second-order valence-corrected chi connectivity index (χ2v) is 6.04. The first-order valence-corrected chi connectivity index (χ1v) is 7.07. The summed E-state index contributed by atoms with van der Waals surface area (Å²) in [4.78, 5) is 13.5. The molecule has 1 aromatic carbocycles. The van der Waals surface area contributed by atoms with Crippen molar-refractivity contribution in [1.82, 2.24) is 4.90 Å². The van der Waals surface area contributed by atoms with Crippen molar-refractivity contribution in [3.8, 4) is 5.75 Å². The fourth-order valence-corrected chi connectivity index (χ4v) is 1.70. The Labute approximate surface area is 125 Å². The summed E-state index contributed by atoms with van der Waals surface area (Å²) in [5.74, 6) is 0.835. The van der Waals surface area contributed by atoms with Crippen LogP contribution in [0.2, 0.25) is 5.02 Å². The van der Waals surface area contributed by atoms with E-state index in [0.29, 0.717) is 31.0 Å². The highest BCUT2D eigenvalue weighted by Gasteiger charge is 2.15. The zero-order chi connectivity index (χ0) is 15.2. The predicted molar refractivity (Wildman–Crippen MR) is 82.1 cm³/mol. The number of benzene rings is 1. The Morgan fingerprint density at radius 3 is 2.50 bits per heavy atom. The van der Waals surface area contributed by atoms with Crippen molar-refractivity contribution in [2.24, 2.45) is 5.73 Å². The number of rotatable bonds is 7. The Balaban J connectivity index is 2.27. The number of hydrogen-bond acceptors (Lipinski definition) is 3. The van der Waals surface area contributed by atoms with Crippen molar-refractivity contribution in [1.29, 1.82) is 0 Å². The molecule has 0 fully saturated rings. The molecular formula is C15H23ClN2O2. The van der Waals surface area contributed by atoms with Gasteiger partial charge in [-0.15, -0.1) is 0 Å². The van der Waals surface area contributed by atoms with Gasteiger partial charge in [0.15, 0.2) is 0 Å². The summed E-state index contributed by atoms with van der Waals surface area (Å²) >= 11 is 5.79. The summed E-state index contributed by atoms with van der Waals surface area (Å²) in [6.45, 7) is 4.84. The zero-order valence-corrected chi connectivity index (χ0v) is 13.1. The number of hydrogen-bond donors (Lipinski definition) is 1. The Morgan fingerprint density at radius 2 is 1.95 bits per heavy atom. The van der Waals surface area contributed by atoms with Crippen molar-refractivity contribution in [2.45, 2.75) is 32.2 Å². The van der Waals surface area contributed by atoms with Gasteiger partial charge in [-0.25, -0.2) is 0 Å². The minimum Gasteiger partial charge on any atom is -0.492 e. The van der Waals surface area contributed by atoms with E-state index in [-0.39, 0.29) is 11.4 Å². The molecule has 0 spiro atoms. The second kappa shape index (κ2) is 7.50. The van der Waals surface area contributed by atoms with E-state index in [4.69, 9.17) is 22.1 Å². The lowest BCUT2D eigenvalue weighted by molar-refractivity contribution is -0.130. The highest BCUT2D eigenvalue weighted by molar-refractivity contribution is 6.30. The van der Waals surface area contributed by atoms with Crippen LogP contribution in [0.3, 0.4) is 0 Å². The summed E-state index contributed by atoms with van der Waals surface area (Å²) in [5, 5.41) is 0.675. The van der Waals surface area contributed by atoms with Crippen molar-refractivity contribution in [3.05, 3.63) is 29.3 Å². The Bertz CT molecular complexity index is 426. The van der Waals surface area contributed by atoms with Crippen LogP contribution in [0, 0.1) is 0 Å². The lowest BCUT2D eigenvalue weighted by atomic mass is 10.00. The number of ether oxygens (including phenoxy) is 1. The molecule has 0 saturated heterocycles. The van der Waals surface area contributed by atoms with Gasteiger partial charge in [0.1, 0.15) is 12.4 Å². The maximum atomic E-state index is 11.9. The van der Waals surface area contributed by atoms with Crippen LogP contribution >= 0.6 is 11.6 Å². The van der Waals surface area contributed by atoms with Crippen molar-refractivity contribution in [2.75, 3.05) is 20.2 Å². The molecule has 1 rings (SSSR count). The van der Waals surface area contributed by atoms with Gasteiger partial charge in [0.2, 0.25) is 5.91 Å². The number of carbonyl (C=O) groups excluding carboxylic acids is 1. The number of amides is 1. The van der Waals surface area contributed by atoms with E-state index in [2.05, 4.69) is 0 Å². The van der Waals surface area contributed by atoms with Crippen LogP contribution in [-0.2, 0) is 4.79 Å². The van der Waals surface area contributed by atoms with E-state index in [9.17, 15) is 4.79 Å². The van der Waals surface area contributed by atoms with Gasteiger partial charge in [0.25, 0.3) is 0 Å². The first-order chi connectivity index (χ1) is 9.28. The quantitative estimate of drug-likeness (QED) is 0.842. The smallest absolute Gasteiger partial charge is 0.222 e. The SMILES string of the molecule is CN(CCOc1ccc(Cl)cc1)C(=O)CCC(C)(C)N. The van der Waals surface area contributed by atoms with Gasteiger partial charge in [0, 0.05) is 24.0 Å². The maximum Gasteiger partial charge on any atom is 0.222 e. The van der Waals surface area contributed by atoms with Crippen LogP contribution < -0.4 is 10.5 Å². The topological polar surface area (TPSA) is 55.6 Å². The van der Waals surface area contributed by atoms with Crippen LogP contribution in [0.1, 0.15) is 26.7 Å². The standard InChI is InChI=1S/C15H23ClN2O2/c1-15(2,17)9-8-14(19)18(3)10-11-20-13-6-4-12(16)5-7-13/h4-7H,8-11,17H2,1-3H3. The van der Waals surface area contributed by atoms with E-state index < -0.39 is 0 Å². The molecule has 0 bridgehead atoms. The molecule has 0 heterocycles. The third-order valence-corrected chi connectivity index (χ3v) is 3.17. The Morgan fingerprint density at radius 1 is 1.35 bits per heavy atom. The first kappa shape index (κ1) is 16.8. The molecule has 1 amide bonds. The first-order valence-electron chi connectivity index (χ1n) is 6.69. The largest absolute Gasteiger partial charge is 0.492 e. The van der Waals surface area contributed by atoms with Gasteiger partial charge in [0.05, 0.1) is 6.54 Å². The fraction of sp³-hybridized carbons (Fsp3) is 0.533. The van der Waals surface area contributed by atoms with Crippen molar-refractivity contribution < 1.29 is 9.53 Å². The molecule has 0 aliphatic heterocycles. The molecule has 0 saturated carbocycles. The number of halogens is 1. The Hall–Kier alpha value is -1.26. The monoisotopic (exact) mass is 298 g/mol. The normalized spacial score (nSPS) is 11.2. The average Bonchev–Trinajstić information content (AvgIpc) is 2.37. The van der Waals surface area contributed by atoms with Crippen LogP contribution in [-0.4, -0.2) is 36.5 Å². The molecule has 5 heteroatoms. The van der Waals surface area contributed by atoms with Crippen molar-refractivity contribution >= 4 is 17.5 Å². The lowest BCUT2D eigenvalue weighted by Gasteiger charge is -2.21. The molecular weight excluding hydrogens is 276 g/mol. The van der Waals surface area contributed by atoms with Gasteiger partial charge < -0.3 is 15.4 Å². The molecule has 1 aromatic rings. The summed E-state index contributed by atoms with van der Waals surface area (Å²) in [6.07, 6.45) is 1.13. The van der Waals surface area contributed by atoms with Gasteiger partial charge >= 0.3 is 0 Å². The molecule has 0 aliphatic rings. The molecule has 112 valence electrons. The van der Waals surface area contributed by atoms with Gasteiger partial charge in [-0.3, -0.25) is 4.79 Å². The molecule has 0 unspecified atom stereocenters. The third-order valence-electron chi connectivity index (χ3n) is 2.92. The van der Waals surface area contributed by atoms with E-state index >= 15 is 0 Å². The van der Waals surface area contributed by atoms with Crippen LogP contribution in [0.15, 0.2) is 24.3 Å². The molecule has 0 atom stereocenters. The van der Waals surface area contributed by atoms with Gasteiger partial charge in [-0.1, -0.05) is 11.6 Å². The second-order valence-electron chi connectivity index (χ2n) is 5.61. The summed E-state index contributed by atoms with van der Waals surface area (Å²) in [7, 11) is 1.77. The highest BCUT2D eigenvalue weighted by atomic mass is 35.5. The minimum atomic E-state index is -0.309. The number of nitrogens with zero attached hydrogens (tertiary/aromatic N) is 1. The number of likely N-dealkylation sites (N-methyl/N-ethyl adjacent to an activating group) is 1. The van der Waals surface area contributed by atoms with Crippen LogP contribution in [0.4, 0.5) is 0 Å². The third kappa shape index (κ3) is 6.78. The maximum absolute atomic E-state index is 11.9. The lowest BCUT2D eigenvalue weighted by Crippen LogP contribution is -2.36. The molecule has 2 N–H and O–H groups in total. The summed E-state index contributed by atoms with van der Waals surface area (Å²) in [6, 6.07) is 7.16. The zero-order valence-electron chi connectivity index (χ0n) is 12.4. The molecule has 4 nitrogen and oxygen atoms in total. The number of carbonyl (C=O) groups is 1. The fourth-order valence-electron chi connectivity index (χ4n) is 1.58. The molecule has 0 aliphatic carbocycles. The van der Waals surface area contributed by atoms with Crippen LogP contribution in [0.5, 0.6) is 5.75 Å². The summed E-state index contributed by atoms with van der Waals surface area (Å²) < 4.78 is 5.55. The average molecular weight is 299 g/mol. The molecule has 0 aromatic heterocycles. The highest BCUT2D eigenvalue weighted by Crippen LogP contribution is 2.15. The molecule has 0 radical (unpaired) electrons.